The molecule has 0 aliphatic heterocycles. The highest BCUT2D eigenvalue weighted by molar-refractivity contribution is 6.03. The maximum atomic E-state index is 11.4. The van der Waals surface area contributed by atoms with Gasteiger partial charge in [0.05, 0.1) is 5.69 Å². The molecule has 0 radical (unpaired) electrons. The summed E-state index contributed by atoms with van der Waals surface area (Å²) >= 11 is 0. The first-order valence-corrected chi connectivity index (χ1v) is 7.26. The summed E-state index contributed by atoms with van der Waals surface area (Å²) in [6.07, 6.45) is 7.08. The lowest BCUT2D eigenvalue weighted by Gasteiger charge is -2.30. The van der Waals surface area contributed by atoms with E-state index < -0.39 is 5.97 Å². The molecule has 2 atom stereocenters. The van der Waals surface area contributed by atoms with Gasteiger partial charge in [-0.3, -0.25) is 0 Å². The minimum absolute atomic E-state index is 0.188. The minimum Gasteiger partial charge on any atom is -0.478 e. The largest absolute Gasteiger partial charge is 0.478 e. The average Bonchev–Trinajstić information content (AvgIpc) is 2.96. The third-order valence-corrected chi connectivity index (χ3v) is 4.21. The van der Waals surface area contributed by atoms with Crippen molar-refractivity contribution in [2.75, 3.05) is 11.9 Å². The number of carboxylic acid groups (broad SMARTS) is 1. The molecule has 112 valence electrons. The fourth-order valence-electron chi connectivity index (χ4n) is 3.12. The van der Waals surface area contributed by atoms with Crippen molar-refractivity contribution in [3.8, 4) is 0 Å². The number of rotatable bonds is 4. The normalized spacial score (nSPS) is 22.3. The number of carboxylic acids is 1. The summed E-state index contributed by atoms with van der Waals surface area (Å²) in [6.45, 7) is 0.194. The number of fused-ring (bicyclic) bond motifs is 1. The van der Waals surface area contributed by atoms with Gasteiger partial charge in [0.15, 0.2) is 0 Å². The standard InChI is InChI=1S/C15H19N3O3/c19-8-9-2-1-3-10(6-9)18-13-11-4-5-16-14(11)17-7-12(13)15(20)21/h4-5,7,9-10,19H,1-3,6,8H2,(H,20,21)(H2,16,17,18)/t9-,10+/m1/s1. The van der Waals surface area contributed by atoms with E-state index in [1.54, 1.807) is 6.20 Å². The summed E-state index contributed by atoms with van der Waals surface area (Å²) < 4.78 is 0. The fourth-order valence-corrected chi connectivity index (χ4v) is 3.12. The van der Waals surface area contributed by atoms with Crippen molar-refractivity contribution in [3.05, 3.63) is 24.0 Å². The zero-order valence-electron chi connectivity index (χ0n) is 11.7. The predicted octanol–water partition coefficient (Wildman–Crippen LogP) is 2.22. The highest BCUT2D eigenvalue weighted by atomic mass is 16.4. The molecule has 4 N–H and O–H groups in total. The number of aromatic amines is 1. The van der Waals surface area contributed by atoms with Crippen LogP contribution in [-0.4, -0.2) is 38.8 Å². The molecule has 6 heteroatoms. The van der Waals surface area contributed by atoms with Crippen LogP contribution in [0.4, 0.5) is 5.69 Å². The Morgan fingerprint density at radius 2 is 2.33 bits per heavy atom. The second-order valence-electron chi connectivity index (χ2n) is 5.65. The van der Waals surface area contributed by atoms with Gasteiger partial charge >= 0.3 is 5.97 Å². The van der Waals surface area contributed by atoms with Gasteiger partial charge < -0.3 is 20.5 Å². The molecular formula is C15H19N3O3. The molecular weight excluding hydrogens is 270 g/mol. The maximum Gasteiger partial charge on any atom is 0.339 e. The number of aliphatic hydroxyl groups excluding tert-OH is 1. The molecule has 0 bridgehead atoms. The Kier molecular flexibility index (Phi) is 3.79. The van der Waals surface area contributed by atoms with Crippen LogP contribution >= 0.6 is 0 Å². The van der Waals surface area contributed by atoms with Crippen molar-refractivity contribution in [2.45, 2.75) is 31.7 Å². The Hall–Kier alpha value is -2.08. The van der Waals surface area contributed by atoms with Gasteiger partial charge in [-0.15, -0.1) is 0 Å². The van der Waals surface area contributed by atoms with Gasteiger partial charge in [0.25, 0.3) is 0 Å². The van der Waals surface area contributed by atoms with E-state index in [2.05, 4.69) is 15.3 Å². The zero-order valence-corrected chi connectivity index (χ0v) is 11.7. The maximum absolute atomic E-state index is 11.4. The summed E-state index contributed by atoms with van der Waals surface area (Å²) in [4.78, 5) is 18.5. The van der Waals surface area contributed by atoms with Crippen molar-refractivity contribution in [3.63, 3.8) is 0 Å². The highest BCUT2D eigenvalue weighted by Gasteiger charge is 2.24. The molecule has 1 fully saturated rings. The number of hydrogen-bond donors (Lipinski definition) is 4. The second-order valence-corrected chi connectivity index (χ2v) is 5.65. The Balaban J connectivity index is 1.93. The second kappa shape index (κ2) is 5.73. The van der Waals surface area contributed by atoms with Gasteiger partial charge in [-0.05, 0) is 31.2 Å². The van der Waals surface area contributed by atoms with E-state index in [9.17, 15) is 15.0 Å². The smallest absolute Gasteiger partial charge is 0.339 e. The topological polar surface area (TPSA) is 98.2 Å². The number of anilines is 1. The quantitative estimate of drug-likeness (QED) is 0.692. The average molecular weight is 289 g/mol. The molecule has 2 heterocycles. The lowest BCUT2D eigenvalue weighted by molar-refractivity contribution is 0.0697. The van der Waals surface area contributed by atoms with Crippen molar-refractivity contribution < 1.29 is 15.0 Å². The van der Waals surface area contributed by atoms with Crippen LogP contribution in [0.1, 0.15) is 36.0 Å². The van der Waals surface area contributed by atoms with E-state index in [-0.39, 0.29) is 18.2 Å². The molecule has 3 rings (SSSR count). The Morgan fingerprint density at radius 3 is 3.10 bits per heavy atom. The van der Waals surface area contributed by atoms with Crippen LogP contribution in [0.25, 0.3) is 11.0 Å². The molecule has 2 aromatic rings. The lowest BCUT2D eigenvalue weighted by atomic mass is 9.86. The molecule has 21 heavy (non-hydrogen) atoms. The van der Waals surface area contributed by atoms with Crippen LogP contribution in [-0.2, 0) is 0 Å². The number of aromatic nitrogens is 2. The van der Waals surface area contributed by atoms with Crippen LogP contribution in [0.2, 0.25) is 0 Å². The number of aromatic carboxylic acids is 1. The van der Waals surface area contributed by atoms with E-state index in [1.165, 1.54) is 6.20 Å². The van der Waals surface area contributed by atoms with Gasteiger partial charge in [0.1, 0.15) is 11.2 Å². The van der Waals surface area contributed by atoms with E-state index in [0.29, 0.717) is 17.3 Å². The molecule has 1 aliphatic rings. The Morgan fingerprint density at radius 1 is 1.48 bits per heavy atom. The number of nitrogens with one attached hydrogen (secondary N) is 2. The third kappa shape index (κ3) is 2.71. The lowest BCUT2D eigenvalue weighted by Crippen LogP contribution is -2.29. The summed E-state index contributed by atoms with van der Waals surface area (Å²) in [5.41, 5.74) is 1.49. The molecule has 0 amide bonds. The van der Waals surface area contributed by atoms with Gasteiger partial charge in [-0.1, -0.05) is 6.42 Å². The monoisotopic (exact) mass is 289 g/mol. The van der Waals surface area contributed by atoms with Crippen LogP contribution in [0.15, 0.2) is 18.5 Å². The van der Waals surface area contributed by atoms with E-state index in [4.69, 9.17) is 0 Å². The first-order chi connectivity index (χ1) is 10.2. The highest BCUT2D eigenvalue weighted by Crippen LogP contribution is 2.31. The molecule has 0 saturated heterocycles. The minimum atomic E-state index is -0.984. The van der Waals surface area contributed by atoms with E-state index >= 15 is 0 Å². The van der Waals surface area contributed by atoms with Gasteiger partial charge in [0, 0.05) is 30.4 Å². The van der Waals surface area contributed by atoms with Crippen LogP contribution in [0, 0.1) is 5.92 Å². The Labute approximate surface area is 122 Å². The first kappa shape index (κ1) is 13.9. The van der Waals surface area contributed by atoms with Crippen LogP contribution in [0.5, 0.6) is 0 Å². The van der Waals surface area contributed by atoms with Crippen LogP contribution in [0.3, 0.4) is 0 Å². The molecule has 1 aliphatic carbocycles. The van der Waals surface area contributed by atoms with Gasteiger partial charge in [-0.25, -0.2) is 9.78 Å². The number of nitrogens with zero attached hydrogens (tertiary/aromatic N) is 1. The van der Waals surface area contributed by atoms with E-state index in [1.807, 2.05) is 6.07 Å². The molecule has 0 unspecified atom stereocenters. The number of hydrogen-bond acceptors (Lipinski definition) is 4. The number of pyridine rings is 1. The van der Waals surface area contributed by atoms with Crippen LogP contribution < -0.4 is 5.32 Å². The van der Waals surface area contributed by atoms with Crippen molar-refractivity contribution >= 4 is 22.7 Å². The number of carbonyl (C=O) groups is 1. The first-order valence-electron chi connectivity index (χ1n) is 7.26. The summed E-state index contributed by atoms with van der Waals surface area (Å²) in [5, 5.41) is 22.8. The van der Waals surface area contributed by atoms with Crippen molar-refractivity contribution in [2.24, 2.45) is 5.92 Å². The molecule has 0 spiro atoms. The summed E-state index contributed by atoms with van der Waals surface area (Å²) in [6, 6.07) is 2.03. The molecule has 0 aromatic carbocycles. The van der Waals surface area contributed by atoms with E-state index in [0.717, 1.165) is 31.1 Å². The zero-order chi connectivity index (χ0) is 14.8. The summed E-state index contributed by atoms with van der Waals surface area (Å²) in [7, 11) is 0. The molecule has 1 saturated carbocycles. The Bertz CT molecular complexity index is 653. The predicted molar refractivity (Wildman–Crippen MR) is 79.5 cm³/mol. The molecule has 2 aromatic heterocycles. The van der Waals surface area contributed by atoms with Crippen molar-refractivity contribution in [1.82, 2.24) is 9.97 Å². The third-order valence-electron chi connectivity index (χ3n) is 4.21. The number of aliphatic hydroxyl groups is 1. The SMILES string of the molecule is O=C(O)c1cnc2[nH]ccc2c1N[C@H]1CCC[C@@H](CO)C1. The molecule has 6 nitrogen and oxygen atoms in total. The van der Waals surface area contributed by atoms with Gasteiger partial charge in [-0.2, -0.15) is 0 Å². The number of H-pyrrole nitrogens is 1. The fraction of sp³-hybridized carbons (Fsp3) is 0.467. The summed E-state index contributed by atoms with van der Waals surface area (Å²) in [5.74, 6) is -0.685. The van der Waals surface area contributed by atoms with Gasteiger partial charge in [0.2, 0.25) is 0 Å². The van der Waals surface area contributed by atoms with Crippen molar-refractivity contribution in [1.29, 1.82) is 0 Å².